The highest BCUT2D eigenvalue weighted by Crippen LogP contribution is 2.30. The van der Waals surface area contributed by atoms with E-state index in [1.165, 1.54) is 12.8 Å². The Morgan fingerprint density at radius 3 is 2.95 bits per heavy atom. The molecular weight excluding hydrogens is 250 g/mol. The number of piperidine rings is 1. The number of aryl methyl sites for hydroxylation is 1. The molecule has 2 aliphatic rings. The molecule has 0 spiro atoms. The summed E-state index contributed by atoms with van der Waals surface area (Å²) in [6.07, 6.45) is 6.52. The van der Waals surface area contributed by atoms with Gasteiger partial charge in [0.1, 0.15) is 0 Å². The summed E-state index contributed by atoms with van der Waals surface area (Å²) in [6, 6.07) is 4.21. The zero-order valence-corrected chi connectivity index (χ0v) is 12.1. The number of amides is 1. The molecule has 3 rings (SSSR count). The normalized spacial score (nSPS) is 22.6. The summed E-state index contributed by atoms with van der Waals surface area (Å²) in [5.41, 5.74) is 1.69. The maximum Gasteiger partial charge on any atom is 0.254 e. The number of aromatic nitrogens is 1. The molecular formula is C16H23N3O. The Morgan fingerprint density at radius 2 is 2.30 bits per heavy atom. The Bertz CT molecular complexity index is 478. The molecule has 0 radical (unpaired) electrons. The highest BCUT2D eigenvalue weighted by atomic mass is 16.2. The molecule has 1 aliphatic carbocycles. The summed E-state index contributed by atoms with van der Waals surface area (Å²) in [6.45, 7) is 5.00. The predicted molar refractivity (Wildman–Crippen MR) is 78.6 cm³/mol. The first-order chi connectivity index (χ1) is 9.74. The minimum absolute atomic E-state index is 0.184. The van der Waals surface area contributed by atoms with E-state index in [1.807, 2.05) is 19.1 Å². The van der Waals surface area contributed by atoms with Gasteiger partial charge in [0.25, 0.3) is 5.91 Å². The second-order valence-corrected chi connectivity index (χ2v) is 6.09. The van der Waals surface area contributed by atoms with Crippen molar-refractivity contribution in [2.75, 3.05) is 19.6 Å². The van der Waals surface area contributed by atoms with E-state index in [0.29, 0.717) is 12.0 Å². The van der Waals surface area contributed by atoms with Gasteiger partial charge in [-0.15, -0.1) is 0 Å². The molecule has 0 bridgehead atoms. The minimum Gasteiger partial charge on any atom is -0.335 e. The van der Waals surface area contributed by atoms with Crippen LogP contribution in [0.5, 0.6) is 0 Å². The molecule has 0 aromatic carbocycles. The molecule has 1 unspecified atom stereocenters. The molecule has 1 aliphatic heterocycles. The van der Waals surface area contributed by atoms with Crippen LogP contribution in [0.3, 0.4) is 0 Å². The van der Waals surface area contributed by atoms with E-state index < -0.39 is 0 Å². The highest BCUT2D eigenvalue weighted by molar-refractivity contribution is 5.94. The fraction of sp³-hybridized carbons (Fsp3) is 0.625. The van der Waals surface area contributed by atoms with Gasteiger partial charge >= 0.3 is 0 Å². The van der Waals surface area contributed by atoms with Crippen molar-refractivity contribution in [2.24, 2.45) is 5.92 Å². The lowest BCUT2D eigenvalue weighted by Gasteiger charge is -2.30. The number of carbonyl (C=O) groups is 1. The lowest BCUT2D eigenvalue weighted by Crippen LogP contribution is -2.42. The van der Waals surface area contributed by atoms with Crippen LogP contribution in [0.4, 0.5) is 0 Å². The largest absolute Gasteiger partial charge is 0.335 e. The number of pyridine rings is 1. The van der Waals surface area contributed by atoms with Crippen LogP contribution in [0.1, 0.15) is 41.7 Å². The molecule has 1 aromatic rings. The van der Waals surface area contributed by atoms with Gasteiger partial charge in [0.05, 0.1) is 0 Å². The van der Waals surface area contributed by atoms with E-state index in [9.17, 15) is 4.79 Å². The van der Waals surface area contributed by atoms with Crippen LogP contribution in [0, 0.1) is 12.8 Å². The molecule has 4 nitrogen and oxygen atoms in total. The monoisotopic (exact) mass is 273 g/mol. The molecule has 4 heteroatoms. The highest BCUT2D eigenvalue weighted by Gasteiger charge is 2.34. The quantitative estimate of drug-likeness (QED) is 0.912. The van der Waals surface area contributed by atoms with Crippen molar-refractivity contribution in [1.82, 2.24) is 15.2 Å². The molecule has 1 aromatic heterocycles. The van der Waals surface area contributed by atoms with Gasteiger partial charge in [0.2, 0.25) is 0 Å². The maximum absolute atomic E-state index is 12.7. The SMILES string of the molecule is Cc1cc(C(=O)N(CC2CCCNC2)C2CC2)ccn1. The number of rotatable bonds is 4. The number of nitrogens with zero attached hydrogens (tertiary/aromatic N) is 2. The zero-order valence-electron chi connectivity index (χ0n) is 12.1. The number of hydrogen-bond acceptors (Lipinski definition) is 3. The lowest BCUT2D eigenvalue weighted by molar-refractivity contribution is 0.0704. The fourth-order valence-corrected chi connectivity index (χ4v) is 2.99. The van der Waals surface area contributed by atoms with Crippen LogP contribution in [-0.4, -0.2) is 41.5 Å². The van der Waals surface area contributed by atoms with Gasteiger partial charge in [0.15, 0.2) is 0 Å². The Hall–Kier alpha value is -1.42. The van der Waals surface area contributed by atoms with Crippen LogP contribution in [0.15, 0.2) is 18.3 Å². The van der Waals surface area contributed by atoms with Crippen molar-refractivity contribution in [3.63, 3.8) is 0 Å². The average Bonchev–Trinajstić information content (AvgIpc) is 3.30. The number of hydrogen-bond donors (Lipinski definition) is 1. The molecule has 20 heavy (non-hydrogen) atoms. The number of carbonyl (C=O) groups excluding carboxylic acids is 1. The smallest absolute Gasteiger partial charge is 0.254 e. The molecule has 2 fully saturated rings. The Balaban J connectivity index is 1.71. The Kier molecular flexibility index (Phi) is 4.01. The first-order valence-electron chi connectivity index (χ1n) is 7.68. The van der Waals surface area contributed by atoms with E-state index in [4.69, 9.17) is 0 Å². The van der Waals surface area contributed by atoms with Crippen LogP contribution in [0.25, 0.3) is 0 Å². The van der Waals surface area contributed by atoms with Crippen LogP contribution in [0.2, 0.25) is 0 Å². The average molecular weight is 273 g/mol. The van der Waals surface area contributed by atoms with E-state index in [0.717, 1.165) is 43.7 Å². The van der Waals surface area contributed by atoms with Crippen molar-refractivity contribution in [3.05, 3.63) is 29.6 Å². The zero-order chi connectivity index (χ0) is 13.9. The Labute approximate surface area is 120 Å². The van der Waals surface area contributed by atoms with Crippen LogP contribution < -0.4 is 5.32 Å². The van der Waals surface area contributed by atoms with Crippen LogP contribution in [-0.2, 0) is 0 Å². The van der Waals surface area contributed by atoms with Crippen molar-refractivity contribution >= 4 is 5.91 Å². The van der Waals surface area contributed by atoms with Gasteiger partial charge < -0.3 is 10.2 Å². The second kappa shape index (κ2) is 5.92. The minimum atomic E-state index is 0.184. The Morgan fingerprint density at radius 1 is 1.45 bits per heavy atom. The van der Waals surface area contributed by atoms with E-state index in [1.54, 1.807) is 6.20 Å². The summed E-state index contributed by atoms with van der Waals surface area (Å²) in [7, 11) is 0. The summed E-state index contributed by atoms with van der Waals surface area (Å²) in [5, 5.41) is 3.44. The van der Waals surface area contributed by atoms with Crippen molar-refractivity contribution < 1.29 is 4.79 Å². The fourth-order valence-electron chi connectivity index (χ4n) is 2.99. The van der Waals surface area contributed by atoms with Crippen molar-refractivity contribution in [2.45, 2.75) is 38.6 Å². The van der Waals surface area contributed by atoms with E-state index in [-0.39, 0.29) is 5.91 Å². The summed E-state index contributed by atoms with van der Waals surface area (Å²) in [5.74, 6) is 0.791. The van der Waals surface area contributed by atoms with Crippen molar-refractivity contribution in [1.29, 1.82) is 0 Å². The summed E-state index contributed by atoms with van der Waals surface area (Å²) in [4.78, 5) is 19.0. The first-order valence-corrected chi connectivity index (χ1v) is 7.68. The van der Waals surface area contributed by atoms with Gasteiger partial charge in [-0.2, -0.15) is 0 Å². The maximum atomic E-state index is 12.7. The first kappa shape index (κ1) is 13.6. The van der Waals surface area contributed by atoms with Crippen molar-refractivity contribution in [3.8, 4) is 0 Å². The molecule has 2 heterocycles. The third-order valence-corrected chi connectivity index (χ3v) is 4.25. The standard InChI is InChI=1S/C16H23N3O/c1-12-9-14(6-8-18-12)16(20)19(15-4-5-15)11-13-3-2-7-17-10-13/h6,8-9,13,15,17H,2-5,7,10-11H2,1H3. The molecule has 1 atom stereocenters. The lowest BCUT2D eigenvalue weighted by atomic mass is 9.98. The van der Waals surface area contributed by atoms with Gasteiger partial charge in [-0.25, -0.2) is 0 Å². The van der Waals surface area contributed by atoms with E-state index >= 15 is 0 Å². The summed E-state index contributed by atoms with van der Waals surface area (Å²) < 4.78 is 0. The van der Waals surface area contributed by atoms with Gasteiger partial charge in [-0.1, -0.05) is 0 Å². The molecule has 108 valence electrons. The van der Waals surface area contributed by atoms with Gasteiger partial charge in [0, 0.05) is 30.0 Å². The second-order valence-electron chi connectivity index (χ2n) is 6.09. The topological polar surface area (TPSA) is 45.2 Å². The van der Waals surface area contributed by atoms with E-state index in [2.05, 4.69) is 15.2 Å². The van der Waals surface area contributed by atoms with Gasteiger partial charge in [-0.05, 0) is 63.7 Å². The molecule has 1 saturated carbocycles. The number of nitrogens with one attached hydrogen (secondary N) is 1. The van der Waals surface area contributed by atoms with Gasteiger partial charge in [-0.3, -0.25) is 9.78 Å². The molecule has 1 amide bonds. The third kappa shape index (κ3) is 3.18. The van der Waals surface area contributed by atoms with Crippen LogP contribution >= 0.6 is 0 Å². The predicted octanol–water partition coefficient (Wildman–Crippen LogP) is 1.99. The molecule has 1 saturated heterocycles. The third-order valence-electron chi connectivity index (χ3n) is 4.25. The summed E-state index contributed by atoms with van der Waals surface area (Å²) >= 11 is 0. The molecule has 1 N–H and O–H groups in total.